The van der Waals surface area contributed by atoms with Gasteiger partial charge in [0, 0.05) is 23.6 Å². The summed E-state index contributed by atoms with van der Waals surface area (Å²) in [4.78, 5) is 42.4. The molecular weight excluding hydrogens is 314 g/mol. The van der Waals surface area contributed by atoms with Gasteiger partial charge in [0.2, 0.25) is 5.91 Å². The van der Waals surface area contributed by atoms with Crippen molar-refractivity contribution in [2.45, 2.75) is 13.0 Å². The maximum Gasteiger partial charge on any atom is 0.361 e. The second kappa shape index (κ2) is 7.18. The number of nitrogens with zero attached hydrogens (tertiary/aromatic N) is 2. The summed E-state index contributed by atoms with van der Waals surface area (Å²) in [5.74, 6) is -2.07. The molecule has 1 aromatic carbocycles. The fraction of sp³-hybridized carbons (Fsp3) is 0.133. The first-order chi connectivity index (χ1) is 11.4. The van der Waals surface area contributed by atoms with E-state index >= 15 is 0 Å². The molecule has 2 amide bonds. The maximum absolute atomic E-state index is 12.0. The van der Waals surface area contributed by atoms with E-state index < -0.39 is 23.9 Å². The van der Waals surface area contributed by atoms with E-state index in [1.165, 1.54) is 43.6 Å². The highest BCUT2D eigenvalue weighted by atomic mass is 16.5. The van der Waals surface area contributed by atoms with Crippen LogP contribution in [0.15, 0.2) is 36.7 Å². The highest BCUT2D eigenvalue weighted by Gasteiger charge is 2.21. The summed E-state index contributed by atoms with van der Waals surface area (Å²) in [6, 6.07) is 5.95. The Morgan fingerprint density at radius 3 is 2.33 bits per heavy atom. The number of carbonyl (C=O) groups excluding carboxylic acids is 3. The van der Waals surface area contributed by atoms with Gasteiger partial charge in [-0.1, -0.05) is 0 Å². The maximum atomic E-state index is 12.0. The van der Waals surface area contributed by atoms with Gasteiger partial charge in [-0.2, -0.15) is 0 Å². The first-order valence-electron chi connectivity index (χ1n) is 6.86. The minimum Gasteiger partial charge on any atom is -0.448 e. The minimum atomic E-state index is -1.09. The molecule has 2 aromatic rings. The van der Waals surface area contributed by atoms with Gasteiger partial charge in [-0.3, -0.25) is 9.59 Å². The van der Waals surface area contributed by atoms with Crippen LogP contribution in [0, 0.1) is 0 Å². The Bertz CT molecular complexity index is 776. The molecule has 1 heterocycles. The molecule has 0 saturated carbocycles. The Morgan fingerprint density at radius 2 is 1.75 bits per heavy atom. The molecule has 9 heteroatoms. The third-order valence-corrected chi connectivity index (χ3v) is 3.01. The van der Waals surface area contributed by atoms with Gasteiger partial charge in [0.25, 0.3) is 5.91 Å². The molecule has 0 aliphatic carbocycles. The van der Waals surface area contributed by atoms with Crippen molar-refractivity contribution >= 4 is 29.3 Å². The molecule has 24 heavy (non-hydrogen) atoms. The summed E-state index contributed by atoms with van der Waals surface area (Å²) in [6.07, 6.45) is 1.53. The van der Waals surface area contributed by atoms with E-state index in [0.29, 0.717) is 11.3 Å². The van der Waals surface area contributed by atoms with Gasteiger partial charge in [-0.15, -0.1) is 0 Å². The molecule has 0 radical (unpaired) electrons. The number of rotatable bonds is 5. The average Bonchev–Trinajstić information content (AvgIpc) is 2.55. The van der Waals surface area contributed by atoms with Crippen LogP contribution in [0.1, 0.15) is 27.8 Å². The van der Waals surface area contributed by atoms with Crippen molar-refractivity contribution in [2.75, 3.05) is 11.1 Å². The van der Waals surface area contributed by atoms with E-state index in [-0.39, 0.29) is 11.5 Å². The number of carbonyl (C=O) groups is 3. The van der Waals surface area contributed by atoms with Crippen molar-refractivity contribution < 1.29 is 19.1 Å². The Hall–Kier alpha value is -3.49. The van der Waals surface area contributed by atoms with Crippen molar-refractivity contribution in [3.8, 4) is 0 Å². The normalized spacial score (nSPS) is 11.4. The smallest absolute Gasteiger partial charge is 0.361 e. The summed E-state index contributed by atoms with van der Waals surface area (Å²) in [5.41, 5.74) is 11.2. The Labute approximate surface area is 137 Å². The second-order valence-corrected chi connectivity index (χ2v) is 4.77. The Balaban J connectivity index is 1.98. The molecule has 0 spiro atoms. The predicted molar refractivity (Wildman–Crippen MR) is 84.9 cm³/mol. The van der Waals surface area contributed by atoms with Crippen molar-refractivity contribution in [3.05, 3.63) is 47.9 Å². The number of anilines is 2. The highest BCUT2D eigenvalue weighted by Crippen LogP contribution is 2.11. The molecule has 124 valence electrons. The molecule has 0 aliphatic rings. The number of hydrogen-bond acceptors (Lipinski definition) is 7. The third kappa shape index (κ3) is 4.03. The topological polar surface area (TPSA) is 150 Å². The quantitative estimate of drug-likeness (QED) is 0.669. The lowest BCUT2D eigenvalue weighted by Gasteiger charge is -2.13. The van der Waals surface area contributed by atoms with Crippen LogP contribution in [-0.4, -0.2) is 33.9 Å². The van der Waals surface area contributed by atoms with Crippen LogP contribution in [0.2, 0.25) is 0 Å². The standard InChI is InChI=1S/C15H15N5O4/c1-8(24-15(23)11-12(16)19-7-6-18-11)14(22)20-10-4-2-9(3-5-10)13(17)21/h2-8H,1H3,(H2,16,19)(H2,17,21)(H,20,22)/t8-/m1/s1. The van der Waals surface area contributed by atoms with Crippen molar-refractivity contribution in [2.24, 2.45) is 5.73 Å². The molecular formula is C15H15N5O4. The summed E-state index contributed by atoms with van der Waals surface area (Å²) < 4.78 is 5.01. The van der Waals surface area contributed by atoms with Crippen LogP contribution in [-0.2, 0) is 9.53 Å². The Kier molecular flexibility index (Phi) is 5.05. The van der Waals surface area contributed by atoms with E-state index in [9.17, 15) is 14.4 Å². The zero-order chi connectivity index (χ0) is 17.7. The lowest BCUT2D eigenvalue weighted by Crippen LogP contribution is -2.30. The van der Waals surface area contributed by atoms with E-state index in [4.69, 9.17) is 16.2 Å². The summed E-state index contributed by atoms with van der Waals surface area (Å²) in [5, 5.41) is 2.54. The van der Waals surface area contributed by atoms with E-state index in [2.05, 4.69) is 15.3 Å². The molecule has 5 N–H and O–H groups in total. The molecule has 1 atom stereocenters. The largest absolute Gasteiger partial charge is 0.448 e. The average molecular weight is 329 g/mol. The molecule has 0 unspecified atom stereocenters. The number of hydrogen-bond donors (Lipinski definition) is 3. The van der Waals surface area contributed by atoms with Crippen LogP contribution in [0.3, 0.4) is 0 Å². The molecule has 0 fully saturated rings. The first-order valence-corrected chi connectivity index (χ1v) is 6.86. The summed E-state index contributed by atoms with van der Waals surface area (Å²) in [6.45, 7) is 1.40. The van der Waals surface area contributed by atoms with Gasteiger partial charge >= 0.3 is 5.97 Å². The summed E-state index contributed by atoms with van der Waals surface area (Å²) in [7, 11) is 0. The number of aromatic nitrogens is 2. The van der Waals surface area contributed by atoms with Crippen molar-refractivity contribution in [1.82, 2.24) is 9.97 Å². The molecule has 9 nitrogen and oxygen atoms in total. The zero-order valence-electron chi connectivity index (χ0n) is 12.7. The van der Waals surface area contributed by atoms with Crippen molar-refractivity contribution in [3.63, 3.8) is 0 Å². The van der Waals surface area contributed by atoms with Crippen LogP contribution in [0.4, 0.5) is 11.5 Å². The molecule has 1 aromatic heterocycles. The number of ether oxygens (including phenoxy) is 1. The van der Waals surface area contributed by atoms with Gasteiger partial charge < -0.3 is 21.5 Å². The van der Waals surface area contributed by atoms with Crippen LogP contribution < -0.4 is 16.8 Å². The first kappa shape index (κ1) is 16.9. The van der Waals surface area contributed by atoms with Gasteiger partial charge in [0.15, 0.2) is 17.6 Å². The number of nitrogens with one attached hydrogen (secondary N) is 1. The lowest BCUT2D eigenvalue weighted by atomic mass is 10.2. The van der Waals surface area contributed by atoms with Gasteiger partial charge in [-0.05, 0) is 31.2 Å². The number of amides is 2. The number of benzene rings is 1. The minimum absolute atomic E-state index is 0.0860. The molecule has 0 aliphatic heterocycles. The third-order valence-electron chi connectivity index (χ3n) is 3.01. The van der Waals surface area contributed by atoms with Crippen LogP contribution in [0.5, 0.6) is 0 Å². The number of esters is 1. The Morgan fingerprint density at radius 1 is 1.12 bits per heavy atom. The fourth-order valence-electron chi connectivity index (χ4n) is 1.74. The van der Waals surface area contributed by atoms with Crippen molar-refractivity contribution in [1.29, 1.82) is 0 Å². The van der Waals surface area contributed by atoms with E-state index in [0.717, 1.165) is 0 Å². The molecule has 2 rings (SSSR count). The van der Waals surface area contributed by atoms with Gasteiger partial charge in [-0.25, -0.2) is 14.8 Å². The molecule has 0 saturated heterocycles. The lowest BCUT2D eigenvalue weighted by molar-refractivity contribution is -0.123. The number of nitrogens with two attached hydrogens (primary N) is 2. The second-order valence-electron chi connectivity index (χ2n) is 4.77. The SMILES string of the molecule is C[C@@H](OC(=O)c1nccnc1N)C(=O)Nc1ccc(C(N)=O)cc1. The number of nitrogen functional groups attached to an aromatic ring is 1. The fourth-order valence-corrected chi connectivity index (χ4v) is 1.74. The molecule has 0 bridgehead atoms. The monoisotopic (exact) mass is 329 g/mol. The van der Waals surface area contributed by atoms with E-state index in [1.807, 2.05) is 0 Å². The van der Waals surface area contributed by atoms with Crippen LogP contribution >= 0.6 is 0 Å². The van der Waals surface area contributed by atoms with Crippen LogP contribution in [0.25, 0.3) is 0 Å². The highest BCUT2D eigenvalue weighted by molar-refractivity contribution is 5.98. The number of primary amides is 1. The van der Waals surface area contributed by atoms with Gasteiger partial charge in [0.05, 0.1) is 0 Å². The van der Waals surface area contributed by atoms with E-state index in [1.54, 1.807) is 0 Å². The predicted octanol–water partition coefficient (Wildman–Crippen LogP) is 0.342. The van der Waals surface area contributed by atoms with Gasteiger partial charge in [0.1, 0.15) is 0 Å². The summed E-state index contributed by atoms with van der Waals surface area (Å²) >= 11 is 0. The zero-order valence-corrected chi connectivity index (χ0v) is 12.7.